The van der Waals surface area contributed by atoms with Crippen LogP contribution in [-0.2, 0) is 19.2 Å². The Morgan fingerprint density at radius 1 is 1.16 bits per heavy atom. The van der Waals surface area contributed by atoms with Gasteiger partial charge >= 0.3 is 11.9 Å². The number of rotatable bonds is 9. The van der Waals surface area contributed by atoms with Crippen molar-refractivity contribution in [1.82, 2.24) is 10.2 Å². The fourth-order valence-electron chi connectivity index (χ4n) is 3.86. The molecule has 2 fully saturated rings. The third kappa shape index (κ3) is 7.24. The number of hydrogen-bond donors (Lipinski definition) is 8. The third-order valence-electron chi connectivity index (χ3n) is 5.79. The van der Waals surface area contributed by atoms with Crippen molar-refractivity contribution in [1.29, 1.82) is 0 Å². The molecule has 2 aliphatic heterocycles. The summed E-state index contributed by atoms with van der Waals surface area (Å²) in [4.78, 5) is 51.4. The quantitative estimate of drug-likeness (QED) is 0.0769. The molecule has 2 saturated heterocycles. The predicted molar refractivity (Wildman–Crippen MR) is 136 cm³/mol. The molecule has 12 N–H and O–H groups in total. The highest BCUT2D eigenvalue weighted by Gasteiger charge is 2.64. The van der Waals surface area contributed by atoms with Crippen molar-refractivity contribution >= 4 is 41.5 Å². The number of thioether (sulfide) groups is 1. The number of aliphatic carboxylic acids is 2. The number of carboxylic acid groups (broad SMARTS) is 2. The van der Waals surface area contributed by atoms with Crippen LogP contribution < -0.4 is 28.3 Å². The van der Waals surface area contributed by atoms with E-state index in [0.29, 0.717) is 24.9 Å². The van der Waals surface area contributed by atoms with Crippen LogP contribution in [0.15, 0.2) is 29.3 Å². The van der Waals surface area contributed by atoms with E-state index in [1.165, 1.54) is 40.9 Å². The molecule has 2 amide bonds. The largest absolute Gasteiger partial charge is 0.508 e. The molecule has 0 aliphatic carbocycles. The number of phenols is 1. The maximum absolute atomic E-state index is 12.3. The van der Waals surface area contributed by atoms with Gasteiger partial charge in [-0.3, -0.25) is 19.4 Å². The summed E-state index contributed by atoms with van der Waals surface area (Å²) in [5.41, 5.74) is 21.7. The number of carboxylic acids is 2. The second kappa shape index (κ2) is 12.1. The lowest BCUT2D eigenvalue weighted by atomic mass is 9.95. The first kappa shape index (κ1) is 29.7. The van der Waals surface area contributed by atoms with Crippen molar-refractivity contribution < 1.29 is 34.5 Å². The zero-order valence-corrected chi connectivity index (χ0v) is 21.2. The molecule has 204 valence electrons. The van der Waals surface area contributed by atoms with E-state index in [4.69, 9.17) is 28.0 Å². The van der Waals surface area contributed by atoms with Gasteiger partial charge in [-0.25, -0.2) is 4.79 Å². The number of β-lactam (4-membered cyclic amide) rings is 1. The van der Waals surface area contributed by atoms with Gasteiger partial charge in [-0.05, 0) is 44.4 Å². The van der Waals surface area contributed by atoms with Gasteiger partial charge in [-0.1, -0.05) is 12.1 Å². The van der Waals surface area contributed by atoms with Crippen LogP contribution in [-0.4, -0.2) is 84.7 Å². The minimum atomic E-state index is -1.06. The first-order valence-electron chi connectivity index (χ1n) is 11.3. The monoisotopic (exact) mass is 539 g/mol. The van der Waals surface area contributed by atoms with Gasteiger partial charge in [0, 0.05) is 11.3 Å². The van der Waals surface area contributed by atoms with Crippen molar-refractivity contribution in [3.8, 4) is 5.75 Å². The fourth-order valence-corrected chi connectivity index (χ4v) is 5.49. The molecule has 2 heterocycles. The number of guanidine groups is 1. The topological polar surface area (TPSA) is 261 Å². The normalized spacial score (nSPS) is 22.9. The van der Waals surface area contributed by atoms with E-state index >= 15 is 0 Å². The van der Waals surface area contributed by atoms with Crippen molar-refractivity contribution in [2.24, 2.45) is 27.9 Å². The molecule has 3 rings (SSSR count). The van der Waals surface area contributed by atoms with Crippen molar-refractivity contribution in [3.63, 3.8) is 0 Å². The lowest BCUT2D eigenvalue weighted by Crippen LogP contribution is -2.71. The lowest BCUT2D eigenvalue weighted by molar-refractivity contribution is -0.161. The van der Waals surface area contributed by atoms with E-state index in [0.717, 1.165) is 0 Å². The lowest BCUT2D eigenvalue weighted by Gasteiger charge is -2.43. The minimum Gasteiger partial charge on any atom is -0.508 e. The Balaban J connectivity index is 0.000000341. The molecule has 0 unspecified atom stereocenters. The molecule has 0 saturated carbocycles. The number of fused-ring (bicyclic) bond motifs is 1. The van der Waals surface area contributed by atoms with Crippen molar-refractivity contribution in [2.45, 2.75) is 61.0 Å². The van der Waals surface area contributed by atoms with Crippen molar-refractivity contribution in [2.75, 3.05) is 6.54 Å². The van der Waals surface area contributed by atoms with E-state index in [9.17, 15) is 29.4 Å². The van der Waals surface area contributed by atoms with E-state index < -0.39 is 58.0 Å². The molecule has 5 atom stereocenters. The highest BCUT2D eigenvalue weighted by atomic mass is 32.2. The third-order valence-corrected chi connectivity index (χ3v) is 7.36. The van der Waals surface area contributed by atoms with E-state index in [1.54, 1.807) is 13.8 Å². The van der Waals surface area contributed by atoms with Crippen LogP contribution in [0.25, 0.3) is 0 Å². The fraction of sp³-hybridized carbons (Fsp3) is 0.500. The average Bonchev–Trinajstić information content (AvgIpc) is 3.08. The molecule has 0 spiro atoms. The standard InChI is InChI=1S/C16H19N3O5S.C6H14N4O2/c1-16(2)11(15(23)24)19-13(22)10(14(19)25-16)18-12(21)9(17)7-3-5-8(20)6-4-7;7-4(5(11)12)2-1-3-10-6(8)9/h3-6,9-11,14,20H,17H2,1-2H3,(H,18,21)(H,23,24);4H,1-3,7H2,(H,11,12)(H4,8,9,10)/t9-,10-,11+,14-;4-/m10/s1. The van der Waals surface area contributed by atoms with Crippen LogP contribution in [0.1, 0.15) is 38.3 Å². The maximum Gasteiger partial charge on any atom is 0.327 e. The first-order valence-corrected chi connectivity index (χ1v) is 12.2. The molecule has 2 aliphatic rings. The summed E-state index contributed by atoms with van der Waals surface area (Å²) < 4.78 is -0.648. The molecule has 0 radical (unpaired) electrons. The summed E-state index contributed by atoms with van der Waals surface area (Å²) in [6, 6.07) is 2.39. The SMILES string of the molecule is CC1(C)S[C@@H]2[C@H](NC(=O)[C@H](N)c3ccc(O)cc3)C(=O)N2[C@H]1C(=O)O.NC(N)=NCCC[C@H](N)C(=O)O. The summed E-state index contributed by atoms with van der Waals surface area (Å²) >= 11 is 1.35. The Morgan fingerprint density at radius 3 is 2.27 bits per heavy atom. The number of nitrogens with zero attached hydrogens (tertiary/aromatic N) is 2. The molecule has 0 bridgehead atoms. The minimum absolute atomic E-state index is 0.0129. The Hall–Kier alpha value is -3.56. The van der Waals surface area contributed by atoms with Gasteiger partial charge in [-0.15, -0.1) is 11.8 Å². The van der Waals surface area contributed by atoms with Gasteiger partial charge in [0.15, 0.2) is 5.96 Å². The zero-order chi connectivity index (χ0) is 28.1. The predicted octanol–water partition coefficient (Wildman–Crippen LogP) is -1.52. The number of amides is 2. The number of hydrogen-bond acceptors (Lipinski definition) is 9. The van der Waals surface area contributed by atoms with Gasteiger partial charge in [0.1, 0.15) is 35.3 Å². The van der Waals surface area contributed by atoms with Crippen LogP contribution in [0.4, 0.5) is 0 Å². The highest BCUT2D eigenvalue weighted by Crippen LogP contribution is 2.50. The molecule has 14 nitrogen and oxygen atoms in total. The van der Waals surface area contributed by atoms with Gasteiger partial charge in [-0.2, -0.15) is 0 Å². The number of benzene rings is 1. The number of aliphatic imine (C=N–C) groups is 1. The van der Waals surface area contributed by atoms with E-state index in [1.807, 2.05) is 0 Å². The van der Waals surface area contributed by atoms with Gasteiger partial charge in [0.2, 0.25) is 11.8 Å². The summed E-state index contributed by atoms with van der Waals surface area (Å²) in [6.45, 7) is 3.95. The van der Waals surface area contributed by atoms with Crippen molar-refractivity contribution in [3.05, 3.63) is 29.8 Å². The Morgan fingerprint density at radius 2 is 1.76 bits per heavy atom. The van der Waals surface area contributed by atoms with Crippen LogP contribution in [0.2, 0.25) is 0 Å². The van der Waals surface area contributed by atoms with Crippen LogP contribution in [0.3, 0.4) is 0 Å². The molecule has 1 aromatic carbocycles. The van der Waals surface area contributed by atoms with Crippen LogP contribution in [0.5, 0.6) is 5.75 Å². The number of nitrogens with two attached hydrogens (primary N) is 4. The van der Waals surface area contributed by atoms with Gasteiger partial charge in [0.05, 0.1) is 0 Å². The van der Waals surface area contributed by atoms with Gasteiger partial charge in [0.25, 0.3) is 0 Å². The second-order valence-corrected chi connectivity index (χ2v) is 10.8. The average molecular weight is 540 g/mol. The first-order chi connectivity index (χ1) is 17.2. The molecular formula is C22H33N7O7S. The zero-order valence-electron chi connectivity index (χ0n) is 20.4. The molecule has 0 aromatic heterocycles. The van der Waals surface area contributed by atoms with E-state index in [-0.39, 0.29) is 11.7 Å². The number of carbonyl (C=O) groups is 4. The Bertz CT molecular complexity index is 1050. The Labute approximate surface area is 217 Å². The number of phenolic OH excluding ortho intramolecular Hbond substituents is 1. The van der Waals surface area contributed by atoms with Gasteiger partial charge < -0.3 is 48.5 Å². The molecular weight excluding hydrogens is 506 g/mol. The second-order valence-electron chi connectivity index (χ2n) is 9.05. The molecule has 1 aromatic rings. The Kier molecular flexibility index (Phi) is 9.72. The number of aromatic hydroxyl groups is 1. The molecule has 15 heteroatoms. The van der Waals surface area contributed by atoms with Crippen LogP contribution >= 0.6 is 11.8 Å². The van der Waals surface area contributed by atoms with Crippen LogP contribution in [0, 0.1) is 0 Å². The summed E-state index contributed by atoms with van der Waals surface area (Å²) in [5.74, 6) is -2.93. The number of carbonyl (C=O) groups excluding carboxylic acids is 2. The maximum atomic E-state index is 12.3. The van der Waals surface area contributed by atoms with E-state index in [2.05, 4.69) is 10.3 Å². The number of nitrogens with one attached hydrogen (secondary N) is 1. The summed E-state index contributed by atoms with van der Waals surface area (Å²) in [7, 11) is 0. The smallest absolute Gasteiger partial charge is 0.327 e. The summed E-state index contributed by atoms with van der Waals surface area (Å²) in [6.07, 6.45) is 0.956. The molecule has 37 heavy (non-hydrogen) atoms. The summed E-state index contributed by atoms with van der Waals surface area (Å²) in [5, 5.41) is 29.2. The highest BCUT2D eigenvalue weighted by molar-refractivity contribution is 8.01.